The van der Waals surface area contributed by atoms with Crippen molar-refractivity contribution < 1.29 is 4.79 Å². The summed E-state index contributed by atoms with van der Waals surface area (Å²) in [6.07, 6.45) is 0. The molecule has 1 aliphatic heterocycles. The predicted molar refractivity (Wildman–Crippen MR) is 59.3 cm³/mol. The summed E-state index contributed by atoms with van der Waals surface area (Å²) in [6.45, 7) is 9.06. The standard InChI is InChI=1S/C11H21N3O/c1-11(2,3)14-5-7-8(6-14)10(7)13-9(15)4-12/h7-8,10H,4-6,12H2,1-3H3,(H,13,15). The number of piperidine rings is 1. The number of carbonyl (C=O) groups is 1. The highest BCUT2D eigenvalue weighted by Crippen LogP contribution is 2.47. The van der Waals surface area contributed by atoms with Gasteiger partial charge < -0.3 is 11.1 Å². The van der Waals surface area contributed by atoms with Crippen molar-refractivity contribution in [3.63, 3.8) is 0 Å². The van der Waals surface area contributed by atoms with E-state index in [-0.39, 0.29) is 18.0 Å². The van der Waals surface area contributed by atoms with Crippen LogP contribution in [-0.2, 0) is 4.79 Å². The number of fused-ring (bicyclic) bond motifs is 1. The molecule has 15 heavy (non-hydrogen) atoms. The van der Waals surface area contributed by atoms with Crippen molar-refractivity contribution in [3.05, 3.63) is 0 Å². The summed E-state index contributed by atoms with van der Waals surface area (Å²) in [7, 11) is 0. The lowest BCUT2D eigenvalue weighted by Gasteiger charge is -2.33. The molecule has 4 heteroatoms. The van der Waals surface area contributed by atoms with Crippen LogP contribution in [0.3, 0.4) is 0 Å². The zero-order valence-corrected chi connectivity index (χ0v) is 9.79. The average Bonchev–Trinajstić information content (AvgIpc) is 2.63. The van der Waals surface area contributed by atoms with E-state index in [1.807, 2.05) is 0 Å². The number of nitrogens with zero attached hydrogens (tertiary/aromatic N) is 1. The van der Waals surface area contributed by atoms with Gasteiger partial charge in [0.15, 0.2) is 0 Å². The third-order valence-electron chi connectivity index (χ3n) is 3.66. The Bertz CT molecular complexity index is 259. The second kappa shape index (κ2) is 3.46. The monoisotopic (exact) mass is 211 g/mol. The number of rotatable bonds is 2. The summed E-state index contributed by atoms with van der Waals surface area (Å²) in [4.78, 5) is 13.6. The highest BCUT2D eigenvalue weighted by molar-refractivity contribution is 5.78. The molecule has 0 bridgehead atoms. The highest BCUT2D eigenvalue weighted by atomic mass is 16.1. The number of hydrogen-bond acceptors (Lipinski definition) is 3. The number of nitrogens with two attached hydrogens (primary N) is 1. The smallest absolute Gasteiger partial charge is 0.233 e. The van der Waals surface area contributed by atoms with Crippen LogP contribution in [0.5, 0.6) is 0 Å². The summed E-state index contributed by atoms with van der Waals surface area (Å²) < 4.78 is 0. The molecular weight excluding hydrogens is 190 g/mol. The zero-order valence-electron chi connectivity index (χ0n) is 9.79. The Morgan fingerprint density at radius 2 is 1.93 bits per heavy atom. The highest BCUT2D eigenvalue weighted by Gasteiger charge is 2.57. The normalized spacial score (nSPS) is 35.1. The van der Waals surface area contributed by atoms with Gasteiger partial charge in [0.2, 0.25) is 5.91 Å². The minimum absolute atomic E-state index is 0.0169. The van der Waals surface area contributed by atoms with E-state index in [2.05, 4.69) is 31.0 Å². The van der Waals surface area contributed by atoms with Crippen molar-refractivity contribution in [3.8, 4) is 0 Å². The zero-order chi connectivity index (χ0) is 11.2. The molecule has 0 aromatic carbocycles. The van der Waals surface area contributed by atoms with Crippen molar-refractivity contribution in [2.75, 3.05) is 19.6 Å². The number of nitrogens with one attached hydrogen (secondary N) is 1. The molecule has 3 N–H and O–H groups in total. The summed E-state index contributed by atoms with van der Waals surface area (Å²) in [6, 6.07) is 0.402. The molecule has 2 unspecified atom stereocenters. The summed E-state index contributed by atoms with van der Waals surface area (Å²) in [5.41, 5.74) is 5.53. The van der Waals surface area contributed by atoms with Gasteiger partial charge in [-0.05, 0) is 32.6 Å². The third kappa shape index (κ3) is 2.01. The van der Waals surface area contributed by atoms with E-state index in [9.17, 15) is 4.79 Å². The van der Waals surface area contributed by atoms with Crippen molar-refractivity contribution >= 4 is 5.91 Å². The summed E-state index contributed by atoms with van der Waals surface area (Å²) >= 11 is 0. The fourth-order valence-electron chi connectivity index (χ4n) is 2.53. The second-order valence-corrected chi connectivity index (χ2v) is 5.70. The van der Waals surface area contributed by atoms with Gasteiger partial charge in [0.25, 0.3) is 0 Å². The molecule has 1 amide bonds. The average molecular weight is 211 g/mol. The van der Waals surface area contributed by atoms with Crippen LogP contribution in [0.1, 0.15) is 20.8 Å². The van der Waals surface area contributed by atoms with Gasteiger partial charge in [0.05, 0.1) is 6.54 Å². The number of amides is 1. The lowest BCUT2D eigenvalue weighted by atomic mass is 10.1. The Labute approximate surface area is 91.2 Å². The van der Waals surface area contributed by atoms with Crippen molar-refractivity contribution in [1.82, 2.24) is 10.2 Å². The van der Waals surface area contributed by atoms with E-state index in [0.29, 0.717) is 17.9 Å². The van der Waals surface area contributed by atoms with Gasteiger partial charge in [-0.3, -0.25) is 9.69 Å². The molecule has 0 spiro atoms. The molecule has 1 heterocycles. The molecule has 2 aliphatic rings. The van der Waals surface area contributed by atoms with Crippen molar-refractivity contribution in [1.29, 1.82) is 0 Å². The third-order valence-corrected chi connectivity index (χ3v) is 3.66. The Balaban J connectivity index is 1.81. The molecule has 1 aliphatic carbocycles. The van der Waals surface area contributed by atoms with Crippen LogP contribution >= 0.6 is 0 Å². The Morgan fingerprint density at radius 1 is 1.40 bits per heavy atom. The van der Waals surface area contributed by atoms with Crippen molar-refractivity contribution in [2.45, 2.75) is 32.4 Å². The largest absolute Gasteiger partial charge is 0.352 e. The number of likely N-dealkylation sites (tertiary alicyclic amines) is 1. The maximum Gasteiger partial charge on any atom is 0.233 e. The maximum atomic E-state index is 11.1. The topological polar surface area (TPSA) is 58.4 Å². The van der Waals surface area contributed by atoms with Gasteiger partial charge >= 0.3 is 0 Å². The summed E-state index contributed by atoms with van der Waals surface area (Å²) in [5.74, 6) is 1.32. The van der Waals surface area contributed by atoms with Crippen LogP contribution in [0, 0.1) is 11.8 Å². The minimum atomic E-state index is -0.0169. The van der Waals surface area contributed by atoms with Gasteiger partial charge in [-0.2, -0.15) is 0 Å². The molecule has 0 radical (unpaired) electrons. The van der Waals surface area contributed by atoms with Crippen LogP contribution in [0.25, 0.3) is 0 Å². The fourth-order valence-corrected chi connectivity index (χ4v) is 2.53. The van der Waals surface area contributed by atoms with E-state index in [1.165, 1.54) is 0 Å². The molecule has 2 atom stereocenters. The van der Waals surface area contributed by atoms with Gasteiger partial charge in [0, 0.05) is 24.7 Å². The van der Waals surface area contributed by atoms with Crippen LogP contribution in [-0.4, -0.2) is 42.0 Å². The molecule has 1 saturated carbocycles. The maximum absolute atomic E-state index is 11.1. The van der Waals surface area contributed by atoms with E-state index in [4.69, 9.17) is 5.73 Å². The SMILES string of the molecule is CC(C)(C)N1CC2C(C1)C2NC(=O)CN. The van der Waals surface area contributed by atoms with Gasteiger partial charge in [-0.15, -0.1) is 0 Å². The van der Waals surface area contributed by atoms with Crippen LogP contribution in [0.2, 0.25) is 0 Å². The van der Waals surface area contributed by atoms with Crippen LogP contribution in [0.15, 0.2) is 0 Å². The Kier molecular flexibility index (Phi) is 2.51. The lowest BCUT2D eigenvalue weighted by molar-refractivity contribution is -0.120. The Hall–Kier alpha value is -0.610. The van der Waals surface area contributed by atoms with E-state index < -0.39 is 0 Å². The molecule has 1 saturated heterocycles. The minimum Gasteiger partial charge on any atom is -0.352 e. The van der Waals surface area contributed by atoms with Crippen LogP contribution in [0.4, 0.5) is 0 Å². The fraction of sp³-hybridized carbons (Fsp3) is 0.909. The van der Waals surface area contributed by atoms with E-state index in [0.717, 1.165) is 13.1 Å². The molecule has 2 fully saturated rings. The quantitative estimate of drug-likeness (QED) is 0.664. The number of hydrogen-bond donors (Lipinski definition) is 2. The molecule has 0 aromatic heterocycles. The van der Waals surface area contributed by atoms with Crippen LogP contribution < -0.4 is 11.1 Å². The number of carbonyl (C=O) groups excluding carboxylic acids is 1. The molecule has 0 aromatic rings. The van der Waals surface area contributed by atoms with Gasteiger partial charge in [-0.1, -0.05) is 0 Å². The molecule has 2 rings (SSSR count). The van der Waals surface area contributed by atoms with E-state index in [1.54, 1.807) is 0 Å². The first kappa shape index (κ1) is 10.9. The first-order valence-corrected chi connectivity index (χ1v) is 5.68. The van der Waals surface area contributed by atoms with E-state index >= 15 is 0 Å². The first-order chi connectivity index (χ1) is 6.93. The predicted octanol–water partition coefficient (Wildman–Crippen LogP) is -0.210. The lowest BCUT2D eigenvalue weighted by Crippen LogP contribution is -2.44. The first-order valence-electron chi connectivity index (χ1n) is 5.68. The van der Waals surface area contributed by atoms with Crippen molar-refractivity contribution in [2.24, 2.45) is 17.6 Å². The summed E-state index contributed by atoms with van der Waals surface area (Å²) in [5, 5.41) is 2.99. The molecule has 4 nitrogen and oxygen atoms in total. The Morgan fingerprint density at radius 3 is 2.33 bits per heavy atom. The second-order valence-electron chi connectivity index (χ2n) is 5.70. The molecular formula is C11H21N3O. The molecule has 86 valence electrons. The van der Waals surface area contributed by atoms with Gasteiger partial charge in [-0.25, -0.2) is 0 Å². The van der Waals surface area contributed by atoms with Gasteiger partial charge in [0.1, 0.15) is 0 Å².